The Bertz CT molecular complexity index is 319. The van der Waals surface area contributed by atoms with Gasteiger partial charge >= 0.3 is 5.97 Å². The Balaban J connectivity index is 3.00. The number of thiazole rings is 1. The summed E-state index contributed by atoms with van der Waals surface area (Å²) in [7, 11) is 0. The molecule has 0 amide bonds. The molecule has 0 bridgehead atoms. The van der Waals surface area contributed by atoms with Crippen LogP contribution in [0.3, 0.4) is 0 Å². The minimum absolute atomic E-state index is 0.139. The number of aliphatic hydroxyl groups excluding tert-OH is 1. The monoisotopic (exact) mass is 201 g/mol. The lowest BCUT2D eigenvalue weighted by Gasteiger charge is -2.15. The van der Waals surface area contributed by atoms with Crippen molar-refractivity contribution in [1.29, 1.82) is 0 Å². The number of aromatic nitrogens is 1. The molecule has 0 radical (unpaired) electrons. The fraction of sp³-hybridized carbons (Fsp3) is 0.500. The molecule has 1 aromatic rings. The molecular formula is C8H11NO3S. The van der Waals surface area contributed by atoms with Gasteiger partial charge in [-0.2, -0.15) is 0 Å². The molecule has 1 aromatic heterocycles. The Morgan fingerprint density at radius 1 is 1.69 bits per heavy atom. The Hall–Kier alpha value is -0.940. The molecule has 0 saturated heterocycles. The second-order valence-corrected chi connectivity index (χ2v) is 4.16. The zero-order valence-corrected chi connectivity index (χ0v) is 8.26. The normalized spacial score (nSPS) is 11.6. The summed E-state index contributed by atoms with van der Waals surface area (Å²) in [5.41, 5.74) is -0.488. The van der Waals surface area contributed by atoms with Gasteiger partial charge in [-0.05, 0) is 13.8 Å². The molecule has 0 unspecified atom stereocenters. The molecule has 0 atom stereocenters. The van der Waals surface area contributed by atoms with E-state index in [-0.39, 0.29) is 6.61 Å². The molecule has 0 aliphatic rings. The van der Waals surface area contributed by atoms with Gasteiger partial charge in [0.15, 0.2) is 0 Å². The first-order valence-electron chi connectivity index (χ1n) is 3.77. The van der Waals surface area contributed by atoms with Gasteiger partial charge in [-0.15, -0.1) is 11.3 Å². The molecule has 1 heterocycles. The third kappa shape index (κ3) is 1.87. The topological polar surface area (TPSA) is 70.4 Å². The van der Waals surface area contributed by atoms with Gasteiger partial charge in [0.1, 0.15) is 10.4 Å². The molecule has 0 aromatic carbocycles. The molecule has 0 aliphatic heterocycles. The first-order valence-corrected chi connectivity index (χ1v) is 4.65. The van der Waals surface area contributed by atoms with Crippen LogP contribution in [0.5, 0.6) is 0 Å². The van der Waals surface area contributed by atoms with E-state index in [1.54, 1.807) is 19.2 Å². The van der Waals surface area contributed by atoms with Crippen molar-refractivity contribution in [1.82, 2.24) is 4.98 Å². The summed E-state index contributed by atoms with van der Waals surface area (Å²) in [6, 6.07) is 0. The van der Waals surface area contributed by atoms with Gasteiger partial charge in [0.05, 0.1) is 12.3 Å². The van der Waals surface area contributed by atoms with Crippen LogP contribution in [0.1, 0.15) is 24.5 Å². The summed E-state index contributed by atoms with van der Waals surface area (Å²) in [6.07, 6.45) is 0. The summed E-state index contributed by atoms with van der Waals surface area (Å²) in [4.78, 5) is 14.8. The standard InChI is InChI=1S/C8H11NO3S/c1-8(2,7(11)12)5-4-13-6(3-10)9-5/h4,10H,3H2,1-2H3,(H,11,12). The highest BCUT2D eigenvalue weighted by Crippen LogP contribution is 2.24. The van der Waals surface area contributed by atoms with Crippen molar-refractivity contribution in [3.8, 4) is 0 Å². The van der Waals surface area contributed by atoms with Crippen LogP contribution in [0.25, 0.3) is 0 Å². The molecule has 5 heteroatoms. The van der Waals surface area contributed by atoms with Crippen LogP contribution in [0.4, 0.5) is 0 Å². The van der Waals surface area contributed by atoms with Crippen molar-refractivity contribution < 1.29 is 15.0 Å². The van der Waals surface area contributed by atoms with E-state index >= 15 is 0 Å². The third-order valence-corrected chi connectivity index (χ3v) is 2.70. The van der Waals surface area contributed by atoms with E-state index in [1.165, 1.54) is 11.3 Å². The van der Waals surface area contributed by atoms with Crippen molar-refractivity contribution in [3.63, 3.8) is 0 Å². The maximum absolute atomic E-state index is 10.8. The zero-order chi connectivity index (χ0) is 10.1. The number of rotatable bonds is 3. The van der Waals surface area contributed by atoms with E-state index in [2.05, 4.69) is 4.98 Å². The van der Waals surface area contributed by atoms with E-state index < -0.39 is 11.4 Å². The molecule has 2 N–H and O–H groups in total. The second-order valence-electron chi connectivity index (χ2n) is 3.21. The van der Waals surface area contributed by atoms with E-state index in [0.29, 0.717) is 10.7 Å². The summed E-state index contributed by atoms with van der Waals surface area (Å²) >= 11 is 1.27. The lowest BCUT2D eigenvalue weighted by Crippen LogP contribution is -2.28. The predicted molar refractivity (Wildman–Crippen MR) is 48.7 cm³/mol. The summed E-state index contributed by atoms with van der Waals surface area (Å²) in [6.45, 7) is 3.04. The summed E-state index contributed by atoms with van der Waals surface area (Å²) in [5, 5.41) is 19.8. The van der Waals surface area contributed by atoms with Crippen LogP contribution in [0.2, 0.25) is 0 Å². The molecule has 1 rings (SSSR count). The van der Waals surface area contributed by atoms with E-state index in [9.17, 15) is 4.79 Å². The van der Waals surface area contributed by atoms with Crippen LogP contribution in [0.15, 0.2) is 5.38 Å². The van der Waals surface area contributed by atoms with E-state index in [0.717, 1.165) is 0 Å². The fourth-order valence-corrected chi connectivity index (χ4v) is 1.60. The van der Waals surface area contributed by atoms with Crippen molar-refractivity contribution in [3.05, 3.63) is 16.1 Å². The lowest BCUT2D eigenvalue weighted by atomic mass is 9.90. The molecule has 0 spiro atoms. The van der Waals surface area contributed by atoms with Gasteiger partial charge in [-0.1, -0.05) is 0 Å². The average Bonchev–Trinajstić information content (AvgIpc) is 2.51. The molecule has 72 valence electrons. The smallest absolute Gasteiger partial charge is 0.315 e. The Kier molecular flexibility index (Phi) is 2.68. The zero-order valence-electron chi connectivity index (χ0n) is 7.44. The SMILES string of the molecule is CC(C)(C(=O)O)c1csc(CO)n1. The van der Waals surface area contributed by atoms with Gasteiger partial charge in [0, 0.05) is 5.38 Å². The maximum Gasteiger partial charge on any atom is 0.315 e. The van der Waals surface area contributed by atoms with Crippen LogP contribution >= 0.6 is 11.3 Å². The highest BCUT2D eigenvalue weighted by molar-refractivity contribution is 7.09. The molecule has 0 saturated carbocycles. The van der Waals surface area contributed by atoms with Crippen LogP contribution in [-0.4, -0.2) is 21.2 Å². The van der Waals surface area contributed by atoms with Gasteiger partial charge in [0.2, 0.25) is 0 Å². The number of aliphatic carboxylic acids is 1. The average molecular weight is 201 g/mol. The first-order chi connectivity index (χ1) is 5.98. The number of carbonyl (C=O) groups is 1. The van der Waals surface area contributed by atoms with Crippen LogP contribution in [-0.2, 0) is 16.8 Å². The minimum Gasteiger partial charge on any atom is -0.481 e. The second kappa shape index (κ2) is 3.43. The fourth-order valence-electron chi connectivity index (χ4n) is 0.780. The van der Waals surface area contributed by atoms with E-state index in [1.807, 2.05) is 0 Å². The van der Waals surface area contributed by atoms with E-state index in [4.69, 9.17) is 10.2 Å². The molecule has 0 aliphatic carbocycles. The minimum atomic E-state index is -0.982. The molecule has 0 fully saturated rings. The van der Waals surface area contributed by atoms with Gasteiger partial charge < -0.3 is 10.2 Å². The summed E-state index contributed by atoms with van der Waals surface area (Å²) in [5.74, 6) is -0.915. The number of aliphatic hydroxyl groups is 1. The highest BCUT2D eigenvalue weighted by Gasteiger charge is 2.31. The van der Waals surface area contributed by atoms with Gasteiger partial charge in [-0.25, -0.2) is 4.98 Å². The Morgan fingerprint density at radius 3 is 2.69 bits per heavy atom. The number of hydrogen-bond donors (Lipinski definition) is 2. The maximum atomic E-state index is 10.8. The Morgan fingerprint density at radius 2 is 2.31 bits per heavy atom. The van der Waals surface area contributed by atoms with Crippen LogP contribution in [0, 0.1) is 0 Å². The number of nitrogens with zero attached hydrogens (tertiary/aromatic N) is 1. The highest BCUT2D eigenvalue weighted by atomic mass is 32.1. The Labute approximate surface area is 79.9 Å². The quantitative estimate of drug-likeness (QED) is 0.765. The number of hydrogen-bond acceptors (Lipinski definition) is 4. The predicted octanol–water partition coefficient (Wildman–Crippen LogP) is 0.998. The molecular weight excluding hydrogens is 190 g/mol. The van der Waals surface area contributed by atoms with Crippen molar-refractivity contribution >= 4 is 17.3 Å². The number of carboxylic acid groups (broad SMARTS) is 1. The summed E-state index contributed by atoms with van der Waals surface area (Å²) < 4.78 is 0. The third-order valence-electron chi connectivity index (χ3n) is 1.86. The van der Waals surface area contributed by atoms with Gasteiger partial charge in [0.25, 0.3) is 0 Å². The number of carboxylic acids is 1. The van der Waals surface area contributed by atoms with Gasteiger partial charge in [-0.3, -0.25) is 4.79 Å². The van der Waals surface area contributed by atoms with Crippen LogP contribution < -0.4 is 0 Å². The largest absolute Gasteiger partial charge is 0.481 e. The first kappa shape index (κ1) is 10.1. The lowest BCUT2D eigenvalue weighted by molar-refractivity contribution is -0.142. The molecule has 13 heavy (non-hydrogen) atoms. The molecule has 4 nitrogen and oxygen atoms in total. The van der Waals surface area contributed by atoms with Crippen molar-refractivity contribution in [2.24, 2.45) is 0 Å². The van der Waals surface area contributed by atoms with Crippen molar-refractivity contribution in [2.45, 2.75) is 25.9 Å². The van der Waals surface area contributed by atoms with Crippen molar-refractivity contribution in [2.75, 3.05) is 0 Å².